The van der Waals surface area contributed by atoms with Gasteiger partial charge in [-0.05, 0) is 12.1 Å². The molecule has 0 aliphatic carbocycles. The number of nitrogens with zero attached hydrogens (tertiary/aromatic N) is 1. The van der Waals surface area contributed by atoms with Crippen LogP contribution in [0.4, 0.5) is 4.39 Å². The number of rotatable bonds is 7. The topological polar surface area (TPSA) is 40.5 Å². The van der Waals surface area contributed by atoms with Crippen LogP contribution in [0.15, 0.2) is 43.5 Å². The summed E-state index contributed by atoms with van der Waals surface area (Å²) in [6.07, 6.45) is 3.46. The summed E-state index contributed by atoms with van der Waals surface area (Å²) in [6.45, 7) is 8.88. The second-order valence-electron chi connectivity index (χ2n) is 4.60. The van der Waals surface area contributed by atoms with Crippen molar-refractivity contribution in [1.29, 1.82) is 0 Å². The van der Waals surface area contributed by atoms with Crippen LogP contribution in [-0.2, 0) is 6.54 Å². The number of carboxylic acid groups (broad SMARTS) is 1. The number of carbonyl (C=O) groups is 1. The van der Waals surface area contributed by atoms with Crippen LogP contribution < -0.4 is 0 Å². The molecule has 2 rings (SSSR count). The zero-order chi connectivity index (χ0) is 15.4. The van der Waals surface area contributed by atoms with Gasteiger partial charge in [-0.2, -0.15) is 0 Å². The van der Waals surface area contributed by atoms with Gasteiger partial charge in [-0.15, -0.1) is 24.5 Å². The minimum absolute atomic E-state index is 0.188. The second-order valence-corrected chi connectivity index (χ2v) is 5.65. The summed E-state index contributed by atoms with van der Waals surface area (Å²) in [5.41, 5.74) is 0.518. The first-order chi connectivity index (χ1) is 10.1. The van der Waals surface area contributed by atoms with Crippen molar-refractivity contribution in [2.24, 2.45) is 0 Å². The third-order valence-electron chi connectivity index (χ3n) is 3.11. The first-order valence-corrected chi connectivity index (χ1v) is 7.27. The molecular weight excluding hydrogens is 289 g/mol. The Labute approximate surface area is 126 Å². The molecule has 1 aromatic carbocycles. The van der Waals surface area contributed by atoms with Gasteiger partial charge in [0.05, 0.1) is 0 Å². The van der Waals surface area contributed by atoms with Gasteiger partial charge in [0.1, 0.15) is 10.7 Å². The van der Waals surface area contributed by atoms with Crippen LogP contribution in [0, 0.1) is 5.82 Å². The second kappa shape index (κ2) is 6.65. The van der Waals surface area contributed by atoms with Gasteiger partial charge in [0.15, 0.2) is 0 Å². The van der Waals surface area contributed by atoms with Crippen LogP contribution >= 0.6 is 11.3 Å². The smallest absolute Gasteiger partial charge is 0.346 e. The molecule has 0 amide bonds. The molecule has 3 nitrogen and oxygen atoms in total. The van der Waals surface area contributed by atoms with E-state index in [0.717, 1.165) is 11.3 Å². The molecular formula is C16H16FNO2S. The Morgan fingerprint density at radius 2 is 2.00 bits per heavy atom. The van der Waals surface area contributed by atoms with E-state index in [1.54, 1.807) is 24.3 Å². The highest BCUT2D eigenvalue weighted by Crippen LogP contribution is 2.34. The van der Waals surface area contributed by atoms with E-state index in [1.165, 1.54) is 6.07 Å². The minimum atomic E-state index is -1.03. The summed E-state index contributed by atoms with van der Waals surface area (Å²) in [7, 11) is 0. The normalized spacial score (nSPS) is 11.0. The molecule has 0 fully saturated rings. The molecule has 0 aliphatic rings. The maximum atomic E-state index is 14.1. The van der Waals surface area contributed by atoms with E-state index in [1.807, 2.05) is 4.90 Å². The molecule has 0 radical (unpaired) electrons. The number of benzene rings is 1. The first kappa shape index (κ1) is 15.4. The SMILES string of the molecule is C=CCN(CC=C)Cc1c(C(=O)O)sc2cccc(F)c12. The van der Waals surface area contributed by atoms with Crippen molar-refractivity contribution in [2.75, 3.05) is 13.1 Å². The van der Waals surface area contributed by atoms with E-state index in [0.29, 0.717) is 35.3 Å². The molecule has 0 saturated carbocycles. The van der Waals surface area contributed by atoms with Gasteiger partial charge in [0, 0.05) is 35.3 Å². The predicted molar refractivity (Wildman–Crippen MR) is 84.4 cm³/mol. The Bertz CT molecular complexity index is 683. The maximum Gasteiger partial charge on any atom is 0.346 e. The third kappa shape index (κ3) is 3.20. The quantitative estimate of drug-likeness (QED) is 0.788. The zero-order valence-corrected chi connectivity index (χ0v) is 12.3. The van der Waals surface area contributed by atoms with Gasteiger partial charge >= 0.3 is 5.97 Å². The van der Waals surface area contributed by atoms with Crippen LogP contribution in [-0.4, -0.2) is 29.1 Å². The summed E-state index contributed by atoms with van der Waals surface area (Å²) in [5, 5.41) is 9.76. The highest BCUT2D eigenvalue weighted by atomic mass is 32.1. The van der Waals surface area contributed by atoms with Gasteiger partial charge in [-0.25, -0.2) is 9.18 Å². The van der Waals surface area contributed by atoms with Crippen molar-refractivity contribution >= 4 is 27.4 Å². The molecule has 110 valence electrons. The Hall–Kier alpha value is -1.98. The molecule has 0 saturated heterocycles. The van der Waals surface area contributed by atoms with E-state index >= 15 is 0 Å². The summed E-state index contributed by atoms with van der Waals surface area (Å²) < 4.78 is 14.8. The van der Waals surface area contributed by atoms with E-state index in [-0.39, 0.29) is 10.7 Å². The fraction of sp³-hybridized carbons (Fsp3) is 0.188. The molecule has 0 aliphatic heterocycles. The molecule has 1 heterocycles. The van der Waals surface area contributed by atoms with Crippen molar-refractivity contribution in [3.63, 3.8) is 0 Å². The summed E-state index contributed by atoms with van der Waals surface area (Å²) >= 11 is 1.11. The van der Waals surface area contributed by atoms with Crippen LogP contribution in [0.25, 0.3) is 10.1 Å². The van der Waals surface area contributed by atoms with Crippen molar-refractivity contribution in [2.45, 2.75) is 6.54 Å². The predicted octanol–water partition coefficient (Wildman–Crippen LogP) is 3.91. The number of hydrogen-bond donors (Lipinski definition) is 1. The van der Waals surface area contributed by atoms with E-state index in [9.17, 15) is 14.3 Å². The van der Waals surface area contributed by atoms with Crippen molar-refractivity contribution in [1.82, 2.24) is 4.90 Å². The standard InChI is InChI=1S/C16H16FNO2S/c1-3-8-18(9-4-2)10-11-14-12(17)6-5-7-13(14)21-15(11)16(19)20/h3-7H,1-2,8-10H2,(H,19,20). The number of aromatic carboxylic acids is 1. The fourth-order valence-corrected chi connectivity index (χ4v) is 3.35. The maximum absolute atomic E-state index is 14.1. The lowest BCUT2D eigenvalue weighted by molar-refractivity contribution is 0.0700. The molecule has 0 bridgehead atoms. The third-order valence-corrected chi connectivity index (χ3v) is 4.30. The van der Waals surface area contributed by atoms with E-state index in [4.69, 9.17) is 0 Å². The van der Waals surface area contributed by atoms with Crippen LogP contribution in [0.5, 0.6) is 0 Å². The lowest BCUT2D eigenvalue weighted by atomic mass is 10.1. The zero-order valence-electron chi connectivity index (χ0n) is 11.5. The number of halogens is 1. The number of fused-ring (bicyclic) bond motifs is 1. The highest BCUT2D eigenvalue weighted by Gasteiger charge is 2.21. The summed E-state index contributed by atoms with van der Waals surface area (Å²) in [6, 6.07) is 4.69. The summed E-state index contributed by atoms with van der Waals surface area (Å²) in [4.78, 5) is 13.6. The largest absolute Gasteiger partial charge is 0.477 e. The number of hydrogen-bond acceptors (Lipinski definition) is 3. The Balaban J connectivity index is 2.53. The van der Waals surface area contributed by atoms with Crippen molar-refractivity contribution in [3.05, 3.63) is 59.8 Å². The van der Waals surface area contributed by atoms with E-state index in [2.05, 4.69) is 13.2 Å². The molecule has 0 spiro atoms. The average Bonchev–Trinajstić information content (AvgIpc) is 2.80. The Morgan fingerprint density at radius 1 is 1.33 bits per heavy atom. The monoisotopic (exact) mass is 305 g/mol. The highest BCUT2D eigenvalue weighted by molar-refractivity contribution is 7.21. The summed E-state index contributed by atoms with van der Waals surface area (Å²) in [5.74, 6) is -1.41. The lowest BCUT2D eigenvalue weighted by Gasteiger charge is -2.19. The Kier molecular flexibility index (Phi) is 4.88. The molecule has 2 aromatic rings. The molecule has 0 atom stereocenters. The molecule has 0 unspecified atom stereocenters. The van der Waals surface area contributed by atoms with Gasteiger partial charge in [-0.1, -0.05) is 18.2 Å². The molecule has 5 heteroatoms. The number of thiophene rings is 1. The van der Waals surface area contributed by atoms with Crippen molar-refractivity contribution < 1.29 is 14.3 Å². The van der Waals surface area contributed by atoms with Crippen LogP contribution in [0.1, 0.15) is 15.2 Å². The van der Waals surface area contributed by atoms with Gasteiger partial charge in [0.25, 0.3) is 0 Å². The first-order valence-electron chi connectivity index (χ1n) is 6.45. The van der Waals surface area contributed by atoms with Gasteiger partial charge in [-0.3, -0.25) is 4.90 Å². The lowest BCUT2D eigenvalue weighted by Crippen LogP contribution is -2.24. The minimum Gasteiger partial charge on any atom is -0.477 e. The van der Waals surface area contributed by atoms with Crippen LogP contribution in [0.3, 0.4) is 0 Å². The molecule has 1 N–H and O–H groups in total. The van der Waals surface area contributed by atoms with Crippen LogP contribution in [0.2, 0.25) is 0 Å². The molecule has 1 aromatic heterocycles. The van der Waals surface area contributed by atoms with Crippen molar-refractivity contribution in [3.8, 4) is 0 Å². The average molecular weight is 305 g/mol. The fourth-order valence-electron chi connectivity index (χ4n) is 2.28. The Morgan fingerprint density at radius 3 is 2.57 bits per heavy atom. The van der Waals surface area contributed by atoms with Gasteiger partial charge < -0.3 is 5.11 Å². The molecule has 21 heavy (non-hydrogen) atoms. The number of carboxylic acids is 1. The van der Waals surface area contributed by atoms with E-state index < -0.39 is 5.97 Å². The van der Waals surface area contributed by atoms with Gasteiger partial charge in [0.2, 0.25) is 0 Å².